The summed E-state index contributed by atoms with van der Waals surface area (Å²) in [6, 6.07) is 10.8. The van der Waals surface area contributed by atoms with Crippen molar-refractivity contribution in [2.45, 2.75) is 25.2 Å². The van der Waals surface area contributed by atoms with Gasteiger partial charge in [0.25, 0.3) is 5.91 Å². The van der Waals surface area contributed by atoms with Crippen molar-refractivity contribution < 1.29 is 32.2 Å². The van der Waals surface area contributed by atoms with Crippen LogP contribution in [0.25, 0.3) is 0 Å². The maximum Gasteiger partial charge on any atom is 0.573 e. The number of methoxy groups -OCH3 is 1. The molecule has 1 N–H and O–H groups in total. The molecule has 2 aromatic carbocycles. The lowest BCUT2D eigenvalue weighted by Crippen LogP contribution is -2.43. The predicted molar refractivity (Wildman–Crippen MR) is 98.8 cm³/mol. The molecular formula is C20H19F3N2O4. The Balaban J connectivity index is 1.67. The number of nitrogens with one attached hydrogen (secondary N) is 1. The molecule has 154 valence electrons. The van der Waals surface area contributed by atoms with Crippen molar-refractivity contribution in [2.24, 2.45) is 0 Å². The number of halogens is 3. The highest BCUT2D eigenvalue weighted by molar-refractivity contribution is 6.01. The molecule has 9 heteroatoms. The van der Waals surface area contributed by atoms with Crippen LogP contribution in [0.4, 0.5) is 18.9 Å². The first kappa shape index (κ1) is 20.5. The standard InChI is InChI=1S/C20H19F3N2O4/c1-28-15-10-6-14(7-11-15)24-18(26)17-3-2-12-25(17)19(27)13-4-8-16(9-5-13)29-20(21,22)23/h4-11,17H,2-3,12H2,1H3,(H,24,26). The highest BCUT2D eigenvalue weighted by atomic mass is 19.4. The average molecular weight is 408 g/mol. The molecule has 1 saturated heterocycles. The second-order valence-electron chi connectivity index (χ2n) is 6.45. The number of anilines is 1. The number of amides is 2. The number of carbonyl (C=O) groups excluding carboxylic acids is 2. The topological polar surface area (TPSA) is 67.9 Å². The number of nitrogens with zero attached hydrogens (tertiary/aromatic N) is 1. The Morgan fingerprint density at radius 3 is 2.24 bits per heavy atom. The van der Waals surface area contributed by atoms with Crippen molar-refractivity contribution in [3.8, 4) is 11.5 Å². The fourth-order valence-corrected chi connectivity index (χ4v) is 3.15. The minimum absolute atomic E-state index is 0.184. The molecule has 0 aliphatic carbocycles. The minimum atomic E-state index is -4.80. The summed E-state index contributed by atoms with van der Waals surface area (Å²) in [5.41, 5.74) is 0.757. The van der Waals surface area contributed by atoms with Gasteiger partial charge in [-0.3, -0.25) is 9.59 Å². The average Bonchev–Trinajstić information content (AvgIpc) is 3.17. The zero-order valence-electron chi connectivity index (χ0n) is 15.5. The van der Waals surface area contributed by atoms with Gasteiger partial charge < -0.3 is 19.7 Å². The molecule has 1 fully saturated rings. The number of ether oxygens (including phenoxy) is 2. The van der Waals surface area contributed by atoms with Gasteiger partial charge in [0.2, 0.25) is 5.91 Å². The molecule has 2 amide bonds. The molecule has 0 saturated carbocycles. The molecule has 1 atom stereocenters. The molecule has 2 aromatic rings. The fourth-order valence-electron chi connectivity index (χ4n) is 3.15. The van der Waals surface area contributed by atoms with Crippen LogP contribution in [0.15, 0.2) is 48.5 Å². The molecule has 6 nitrogen and oxygen atoms in total. The van der Waals surface area contributed by atoms with Crippen LogP contribution in [0.2, 0.25) is 0 Å². The zero-order chi connectivity index (χ0) is 21.0. The maximum atomic E-state index is 12.8. The summed E-state index contributed by atoms with van der Waals surface area (Å²) < 4.78 is 45.7. The molecule has 29 heavy (non-hydrogen) atoms. The Labute approximate surface area is 165 Å². The van der Waals surface area contributed by atoms with Crippen molar-refractivity contribution in [1.82, 2.24) is 4.90 Å². The SMILES string of the molecule is COc1ccc(NC(=O)C2CCCN2C(=O)c2ccc(OC(F)(F)F)cc2)cc1. The Kier molecular flexibility index (Phi) is 5.95. The summed E-state index contributed by atoms with van der Waals surface area (Å²) in [6.07, 6.45) is -3.64. The monoisotopic (exact) mass is 408 g/mol. The van der Waals surface area contributed by atoms with Crippen LogP contribution in [0.5, 0.6) is 11.5 Å². The van der Waals surface area contributed by atoms with Gasteiger partial charge in [-0.2, -0.15) is 0 Å². The third kappa shape index (κ3) is 5.18. The number of alkyl halides is 3. The third-order valence-electron chi connectivity index (χ3n) is 4.51. The molecule has 0 aromatic heterocycles. The number of likely N-dealkylation sites (tertiary alicyclic amines) is 1. The zero-order valence-corrected chi connectivity index (χ0v) is 15.5. The lowest BCUT2D eigenvalue weighted by atomic mass is 10.1. The third-order valence-corrected chi connectivity index (χ3v) is 4.51. The van der Waals surface area contributed by atoms with E-state index in [4.69, 9.17) is 4.74 Å². The highest BCUT2D eigenvalue weighted by Crippen LogP contribution is 2.25. The number of hydrogen-bond acceptors (Lipinski definition) is 4. The van der Waals surface area contributed by atoms with E-state index in [0.29, 0.717) is 30.8 Å². The second kappa shape index (κ2) is 8.42. The first-order valence-corrected chi connectivity index (χ1v) is 8.88. The van der Waals surface area contributed by atoms with E-state index in [0.717, 1.165) is 12.1 Å². The summed E-state index contributed by atoms with van der Waals surface area (Å²) in [5.74, 6) is -0.503. The summed E-state index contributed by atoms with van der Waals surface area (Å²) in [5, 5.41) is 2.77. The van der Waals surface area contributed by atoms with E-state index < -0.39 is 24.1 Å². The van der Waals surface area contributed by atoms with Crippen LogP contribution < -0.4 is 14.8 Å². The summed E-state index contributed by atoms with van der Waals surface area (Å²) in [7, 11) is 1.54. The molecule has 1 aliphatic heterocycles. The molecule has 3 rings (SSSR count). The number of hydrogen-bond donors (Lipinski definition) is 1. The van der Waals surface area contributed by atoms with E-state index in [1.165, 1.54) is 24.1 Å². The van der Waals surface area contributed by atoms with Crippen molar-refractivity contribution in [3.63, 3.8) is 0 Å². The molecule has 0 radical (unpaired) electrons. The Morgan fingerprint density at radius 2 is 1.66 bits per heavy atom. The maximum absolute atomic E-state index is 12.8. The van der Waals surface area contributed by atoms with Crippen molar-refractivity contribution in [2.75, 3.05) is 19.0 Å². The Hall–Kier alpha value is -3.23. The van der Waals surface area contributed by atoms with E-state index >= 15 is 0 Å². The minimum Gasteiger partial charge on any atom is -0.497 e. The van der Waals surface area contributed by atoms with E-state index in [1.54, 1.807) is 24.3 Å². The number of rotatable bonds is 5. The quantitative estimate of drug-likeness (QED) is 0.817. The molecule has 1 heterocycles. The van der Waals surface area contributed by atoms with Gasteiger partial charge in [-0.15, -0.1) is 13.2 Å². The Morgan fingerprint density at radius 1 is 1.03 bits per heavy atom. The number of carbonyl (C=O) groups is 2. The van der Waals surface area contributed by atoms with Crippen molar-refractivity contribution in [1.29, 1.82) is 0 Å². The summed E-state index contributed by atoms with van der Waals surface area (Å²) >= 11 is 0. The largest absolute Gasteiger partial charge is 0.573 e. The van der Waals surface area contributed by atoms with E-state index in [1.807, 2.05) is 0 Å². The van der Waals surface area contributed by atoms with Crippen LogP contribution in [-0.2, 0) is 4.79 Å². The van der Waals surface area contributed by atoms with E-state index in [2.05, 4.69) is 10.1 Å². The van der Waals surface area contributed by atoms with Crippen LogP contribution in [-0.4, -0.2) is 42.8 Å². The molecular weight excluding hydrogens is 389 g/mol. The summed E-state index contributed by atoms with van der Waals surface area (Å²) in [4.78, 5) is 26.8. The van der Waals surface area contributed by atoms with Crippen LogP contribution in [0.1, 0.15) is 23.2 Å². The summed E-state index contributed by atoms with van der Waals surface area (Å²) in [6.45, 7) is 0.389. The van der Waals surface area contributed by atoms with Gasteiger partial charge in [0.05, 0.1) is 7.11 Å². The van der Waals surface area contributed by atoms with E-state index in [-0.39, 0.29) is 11.5 Å². The van der Waals surface area contributed by atoms with Gasteiger partial charge in [-0.05, 0) is 61.4 Å². The normalized spacial score (nSPS) is 16.4. The lowest BCUT2D eigenvalue weighted by molar-refractivity contribution is -0.274. The van der Waals surface area contributed by atoms with Crippen molar-refractivity contribution in [3.05, 3.63) is 54.1 Å². The first-order chi connectivity index (χ1) is 13.8. The smallest absolute Gasteiger partial charge is 0.497 e. The highest BCUT2D eigenvalue weighted by Gasteiger charge is 2.35. The Bertz CT molecular complexity index is 867. The van der Waals surface area contributed by atoms with Gasteiger partial charge in [-0.25, -0.2) is 0 Å². The van der Waals surface area contributed by atoms with Gasteiger partial charge in [0.1, 0.15) is 17.5 Å². The molecule has 0 spiro atoms. The first-order valence-electron chi connectivity index (χ1n) is 8.88. The van der Waals surface area contributed by atoms with Gasteiger partial charge >= 0.3 is 6.36 Å². The lowest BCUT2D eigenvalue weighted by Gasteiger charge is -2.24. The second-order valence-corrected chi connectivity index (χ2v) is 6.45. The number of benzene rings is 2. The van der Waals surface area contributed by atoms with Gasteiger partial charge in [0, 0.05) is 17.8 Å². The van der Waals surface area contributed by atoms with E-state index in [9.17, 15) is 22.8 Å². The molecule has 1 unspecified atom stereocenters. The van der Waals surface area contributed by atoms with Crippen LogP contribution >= 0.6 is 0 Å². The molecule has 0 bridgehead atoms. The van der Waals surface area contributed by atoms with Gasteiger partial charge in [-0.1, -0.05) is 0 Å². The van der Waals surface area contributed by atoms with Crippen molar-refractivity contribution >= 4 is 17.5 Å². The van der Waals surface area contributed by atoms with Crippen LogP contribution in [0, 0.1) is 0 Å². The molecule has 1 aliphatic rings. The fraction of sp³-hybridized carbons (Fsp3) is 0.300. The predicted octanol–water partition coefficient (Wildman–Crippen LogP) is 3.84. The van der Waals surface area contributed by atoms with Gasteiger partial charge in [0.15, 0.2) is 0 Å². The van der Waals surface area contributed by atoms with Crippen LogP contribution in [0.3, 0.4) is 0 Å².